The van der Waals surface area contributed by atoms with Crippen LogP contribution in [0, 0.1) is 17.3 Å². The monoisotopic (exact) mass is 310 g/mol. The molecule has 2 amide bonds. The Bertz CT molecular complexity index is 457. The van der Waals surface area contributed by atoms with Gasteiger partial charge in [0.2, 0.25) is 5.91 Å². The third-order valence-corrected chi connectivity index (χ3v) is 3.80. The number of hydrogen-bond donors (Lipinski definition) is 2. The summed E-state index contributed by atoms with van der Waals surface area (Å²) in [6.07, 6.45) is 1.71. The molecule has 0 spiro atoms. The zero-order valence-electron chi connectivity index (χ0n) is 14.9. The largest absolute Gasteiger partial charge is 0.444 e. The van der Waals surface area contributed by atoms with Gasteiger partial charge in [0.1, 0.15) is 5.60 Å². The Morgan fingerprint density at radius 1 is 1.14 bits per heavy atom. The number of allylic oxidation sites excluding steroid dienone is 2. The van der Waals surface area contributed by atoms with Gasteiger partial charge in [-0.1, -0.05) is 25.5 Å². The fraction of sp³-hybridized carbons (Fsp3) is 0.765. The molecule has 1 aliphatic carbocycles. The summed E-state index contributed by atoms with van der Waals surface area (Å²) in [5.74, 6) is 0.374. The molecule has 1 aliphatic rings. The SMILES string of the molecule is CC(C)=C[C@H]1[C@H](C(=O)NCCNC(=O)OC(C)(C)C)C1(C)C. The van der Waals surface area contributed by atoms with E-state index in [0.29, 0.717) is 19.0 Å². The van der Waals surface area contributed by atoms with Crippen LogP contribution in [-0.4, -0.2) is 30.7 Å². The summed E-state index contributed by atoms with van der Waals surface area (Å²) in [7, 11) is 0. The van der Waals surface area contributed by atoms with Crippen LogP contribution in [0.1, 0.15) is 48.5 Å². The molecule has 0 unspecified atom stereocenters. The Labute approximate surface area is 133 Å². The van der Waals surface area contributed by atoms with Gasteiger partial charge in [0.25, 0.3) is 0 Å². The molecule has 0 saturated heterocycles. The summed E-state index contributed by atoms with van der Waals surface area (Å²) < 4.78 is 5.13. The molecule has 0 aromatic carbocycles. The van der Waals surface area contributed by atoms with Gasteiger partial charge in [-0.3, -0.25) is 4.79 Å². The molecule has 0 aromatic heterocycles. The Kier molecular flexibility index (Phi) is 5.65. The van der Waals surface area contributed by atoms with Gasteiger partial charge in [0.15, 0.2) is 0 Å². The lowest BCUT2D eigenvalue weighted by atomic mass is 10.1. The second kappa shape index (κ2) is 6.71. The van der Waals surface area contributed by atoms with E-state index in [1.807, 2.05) is 34.6 Å². The number of rotatable bonds is 5. The minimum atomic E-state index is -0.511. The third kappa shape index (κ3) is 5.35. The topological polar surface area (TPSA) is 67.4 Å². The van der Waals surface area contributed by atoms with Gasteiger partial charge in [0, 0.05) is 13.1 Å². The van der Waals surface area contributed by atoms with Crippen LogP contribution in [-0.2, 0) is 9.53 Å². The van der Waals surface area contributed by atoms with Crippen molar-refractivity contribution < 1.29 is 14.3 Å². The van der Waals surface area contributed by atoms with E-state index in [9.17, 15) is 9.59 Å². The van der Waals surface area contributed by atoms with Crippen molar-refractivity contribution >= 4 is 12.0 Å². The van der Waals surface area contributed by atoms with E-state index in [1.165, 1.54) is 5.57 Å². The zero-order valence-corrected chi connectivity index (χ0v) is 14.9. The van der Waals surface area contributed by atoms with Crippen molar-refractivity contribution in [1.29, 1.82) is 0 Å². The molecule has 2 atom stereocenters. The van der Waals surface area contributed by atoms with Crippen molar-refractivity contribution in [2.75, 3.05) is 13.1 Å². The molecule has 0 heterocycles. The molecule has 0 bridgehead atoms. The zero-order chi connectivity index (χ0) is 17.1. The highest BCUT2D eigenvalue weighted by Gasteiger charge is 2.60. The van der Waals surface area contributed by atoms with E-state index in [0.717, 1.165) is 0 Å². The van der Waals surface area contributed by atoms with Crippen molar-refractivity contribution in [2.24, 2.45) is 17.3 Å². The summed E-state index contributed by atoms with van der Waals surface area (Å²) >= 11 is 0. The van der Waals surface area contributed by atoms with Gasteiger partial charge in [-0.2, -0.15) is 0 Å². The molecule has 5 heteroatoms. The van der Waals surface area contributed by atoms with Crippen molar-refractivity contribution in [3.8, 4) is 0 Å². The Morgan fingerprint density at radius 2 is 1.68 bits per heavy atom. The van der Waals surface area contributed by atoms with Gasteiger partial charge in [-0.15, -0.1) is 0 Å². The Hall–Kier alpha value is -1.52. The Balaban J connectivity index is 2.31. The number of ether oxygens (including phenoxy) is 1. The summed E-state index contributed by atoms with van der Waals surface area (Å²) in [6.45, 7) is 14.5. The predicted molar refractivity (Wildman–Crippen MR) is 87.4 cm³/mol. The molecule has 0 aliphatic heterocycles. The molecule has 0 radical (unpaired) electrons. The highest BCUT2D eigenvalue weighted by Crippen LogP contribution is 2.59. The maximum absolute atomic E-state index is 12.2. The van der Waals surface area contributed by atoms with E-state index in [4.69, 9.17) is 4.74 Å². The molecule has 0 aromatic rings. The lowest BCUT2D eigenvalue weighted by Crippen LogP contribution is -2.38. The first kappa shape index (κ1) is 18.5. The van der Waals surface area contributed by atoms with Crippen LogP contribution in [0.5, 0.6) is 0 Å². The van der Waals surface area contributed by atoms with Gasteiger partial charge in [-0.25, -0.2) is 4.79 Å². The fourth-order valence-corrected chi connectivity index (χ4v) is 2.62. The molecule has 1 saturated carbocycles. The van der Waals surface area contributed by atoms with E-state index in [2.05, 4.69) is 30.6 Å². The van der Waals surface area contributed by atoms with Crippen molar-refractivity contribution in [2.45, 2.75) is 54.1 Å². The van der Waals surface area contributed by atoms with E-state index in [1.54, 1.807) is 0 Å². The number of nitrogens with one attached hydrogen (secondary N) is 2. The van der Waals surface area contributed by atoms with Gasteiger partial charge >= 0.3 is 6.09 Å². The number of alkyl carbamates (subject to hydrolysis) is 1. The maximum Gasteiger partial charge on any atom is 0.407 e. The summed E-state index contributed by atoms with van der Waals surface area (Å²) in [5, 5.41) is 5.51. The molecular weight excluding hydrogens is 280 g/mol. The average Bonchev–Trinajstić information content (AvgIpc) is 2.83. The Morgan fingerprint density at radius 3 is 2.18 bits per heavy atom. The summed E-state index contributed by atoms with van der Waals surface area (Å²) in [4.78, 5) is 23.7. The van der Waals surface area contributed by atoms with Crippen LogP contribution in [0.2, 0.25) is 0 Å². The second-order valence-corrected chi connectivity index (χ2v) is 7.79. The molecule has 1 rings (SSSR count). The lowest BCUT2D eigenvalue weighted by molar-refractivity contribution is -0.123. The highest BCUT2D eigenvalue weighted by atomic mass is 16.6. The first-order valence-corrected chi connectivity index (χ1v) is 7.84. The first-order valence-electron chi connectivity index (χ1n) is 7.84. The first-order chi connectivity index (χ1) is 9.95. The lowest BCUT2D eigenvalue weighted by Gasteiger charge is -2.19. The normalized spacial score (nSPS) is 22.5. The predicted octanol–water partition coefficient (Wildman–Crippen LogP) is 2.87. The van der Waals surface area contributed by atoms with Crippen LogP contribution in [0.25, 0.3) is 0 Å². The van der Waals surface area contributed by atoms with E-state index in [-0.39, 0.29) is 17.2 Å². The van der Waals surface area contributed by atoms with Crippen LogP contribution in [0.15, 0.2) is 11.6 Å². The number of carbonyl (C=O) groups is 2. The molecular formula is C17H30N2O3. The molecule has 5 nitrogen and oxygen atoms in total. The van der Waals surface area contributed by atoms with Crippen LogP contribution in [0.4, 0.5) is 4.79 Å². The molecule has 1 fully saturated rings. The third-order valence-electron chi connectivity index (χ3n) is 3.80. The average molecular weight is 310 g/mol. The van der Waals surface area contributed by atoms with Gasteiger partial charge in [0.05, 0.1) is 5.92 Å². The standard InChI is InChI=1S/C17H30N2O3/c1-11(2)10-12-13(17(12,6)7)14(20)18-8-9-19-15(21)22-16(3,4)5/h10,12-13H,8-9H2,1-7H3,(H,18,20)(H,19,21)/t12-,13+/m0/s1. The summed E-state index contributed by atoms with van der Waals surface area (Å²) in [6, 6.07) is 0. The maximum atomic E-state index is 12.2. The van der Waals surface area contributed by atoms with Gasteiger partial charge in [-0.05, 0) is 46.0 Å². The van der Waals surface area contributed by atoms with E-state index < -0.39 is 11.7 Å². The van der Waals surface area contributed by atoms with E-state index >= 15 is 0 Å². The van der Waals surface area contributed by atoms with Crippen LogP contribution < -0.4 is 10.6 Å². The number of amides is 2. The summed E-state index contributed by atoms with van der Waals surface area (Å²) in [5.41, 5.74) is 0.739. The second-order valence-electron chi connectivity index (χ2n) is 7.79. The number of hydrogen-bond acceptors (Lipinski definition) is 3. The minimum Gasteiger partial charge on any atom is -0.444 e. The minimum absolute atomic E-state index is 0.0138. The molecule has 22 heavy (non-hydrogen) atoms. The molecule has 2 N–H and O–H groups in total. The molecule has 126 valence electrons. The van der Waals surface area contributed by atoms with Crippen molar-refractivity contribution in [1.82, 2.24) is 10.6 Å². The quantitative estimate of drug-likeness (QED) is 0.606. The van der Waals surface area contributed by atoms with Crippen molar-refractivity contribution in [3.63, 3.8) is 0 Å². The highest BCUT2D eigenvalue weighted by molar-refractivity contribution is 5.83. The van der Waals surface area contributed by atoms with Crippen molar-refractivity contribution in [3.05, 3.63) is 11.6 Å². The fourth-order valence-electron chi connectivity index (χ4n) is 2.62. The smallest absolute Gasteiger partial charge is 0.407 e. The van der Waals surface area contributed by atoms with Crippen LogP contribution >= 0.6 is 0 Å². The number of carbonyl (C=O) groups excluding carboxylic acids is 2. The van der Waals surface area contributed by atoms with Gasteiger partial charge < -0.3 is 15.4 Å². The van der Waals surface area contributed by atoms with Crippen LogP contribution in [0.3, 0.4) is 0 Å².